The Morgan fingerprint density at radius 3 is 2.83 bits per heavy atom. The van der Waals surface area contributed by atoms with E-state index in [2.05, 4.69) is 12.0 Å². The second-order valence-electron chi connectivity index (χ2n) is 5.27. The van der Waals surface area contributed by atoms with Gasteiger partial charge in [0.05, 0.1) is 30.1 Å². The van der Waals surface area contributed by atoms with Crippen molar-refractivity contribution in [1.82, 2.24) is 9.78 Å². The van der Waals surface area contributed by atoms with Crippen LogP contribution < -0.4 is 0 Å². The normalized spacial score (nSPS) is 28.6. The van der Waals surface area contributed by atoms with Gasteiger partial charge in [0, 0.05) is 7.11 Å². The molecule has 1 aromatic rings. The molecule has 0 amide bonds. The molecule has 102 valence electrons. The van der Waals surface area contributed by atoms with Crippen molar-refractivity contribution in [2.75, 3.05) is 13.7 Å². The van der Waals surface area contributed by atoms with Crippen LogP contribution in [0.15, 0.2) is 6.20 Å². The van der Waals surface area contributed by atoms with Crippen molar-refractivity contribution in [3.8, 4) is 0 Å². The maximum absolute atomic E-state index is 10.8. The van der Waals surface area contributed by atoms with Crippen molar-refractivity contribution in [1.29, 1.82) is 0 Å². The van der Waals surface area contributed by atoms with Crippen LogP contribution in [0.25, 0.3) is 0 Å². The Balaban J connectivity index is 2.23. The standard InChI is InChI=1S/C13H21ClN2O2/c1-10-3-5-13(17,6-4-10)12-11(14)9-15-16(12)7-8-18-2/h9-10,17H,3-8H2,1-2H3. The van der Waals surface area contributed by atoms with Gasteiger partial charge in [0.1, 0.15) is 5.60 Å². The van der Waals surface area contributed by atoms with Gasteiger partial charge in [0.2, 0.25) is 0 Å². The largest absolute Gasteiger partial charge is 0.384 e. The molecule has 1 heterocycles. The summed E-state index contributed by atoms with van der Waals surface area (Å²) in [7, 11) is 1.65. The first-order valence-corrected chi connectivity index (χ1v) is 6.88. The van der Waals surface area contributed by atoms with Crippen molar-refractivity contribution < 1.29 is 9.84 Å². The van der Waals surface area contributed by atoms with Gasteiger partial charge < -0.3 is 9.84 Å². The minimum Gasteiger partial charge on any atom is -0.384 e. The predicted molar refractivity (Wildman–Crippen MR) is 70.6 cm³/mol. The van der Waals surface area contributed by atoms with Crippen molar-refractivity contribution >= 4 is 11.6 Å². The van der Waals surface area contributed by atoms with Crippen LogP contribution in [0.1, 0.15) is 38.3 Å². The zero-order valence-electron chi connectivity index (χ0n) is 11.0. The summed E-state index contributed by atoms with van der Waals surface area (Å²) in [4.78, 5) is 0. The number of aliphatic hydroxyl groups is 1. The smallest absolute Gasteiger partial charge is 0.108 e. The second kappa shape index (κ2) is 5.59. The molecule has 1 aliphatic rings. The molecule has 5 heteroatoms. The fraction of sp³-hybridized carbons (Fsp3) is 0.769. The minimum absolute atomic E-state index is 0.558. The number of methoxy groups -OCH3 is 1. The number of aromatic nitrogens is 2. The van der Waals surface area contributed by atoms with E-state index >= 15 is 0 Å². The third-order valence-electron chi connectivity index (χ3n) is 3.84. The topological polar surface area (TPSA) is 47.3 Å². The van der Waals surface area contributed by atoms with Gasteiger partial charge in [-0.25, -0.2) is 0 Å². The molecule has 0 atom stereocenters. The number of ether oxygens (including phenoxy) is 1. The van der Waals surface area contributed by atoms with Crippen LogP contribution in [0.3, 0.4) is 0 Å². The van der Waals surface area contributed by atoms with Gasteiger partial charge in [-0.1, -0.05) is 18.5 Å². The number of hydrogen-bond acceptors (Lipinski definition) is 3. The van der Waals surface area contributed by atoms with E-state index in [9.17, 15) is 5.11 Å². The van der Waals surface area contributed by atoms with Crippen molar-refractivity contribution in [3.05, 3.63) is 16.9 Å². The summed E-state index contributed by atoms with van der Waals surface area (Å²) in [6, 6.07) is 0. The lowest BCUT2D eigenvalue weighted by Crippen LogP contribution is -2.34. The third kappa shape index (κ3) is 2.71. The van der Waals surface area contributed by atoms with Gasteiger partial charge in [-0.3, -0.25) is 4.68 Å². The van der Waals surface area contributed by atoms with Crippen LogP contribution in [0, 0.1) is 5.92 Å². The average molecular weight is 273 g/mol. The molecule has 1 aromatic heterocycles. The van der Waals surface area contributed by atoms with Crippen LogP contribution in [0.4, 0.5) is 0 Å². The summed E-state index contributed by atoms with van der Waals surface area (Å²) in [6.45, 7) is 3.41. The van der Waals surface area contributed by atoms with Crippen molar-refractivity contribution in [2.45, 2.75) is 44.8 Å². The molecule has 0 aromatic carbocycles. The molecule has 1 N–H and O–H groups in total. The van der Waals surface area contributed by atoms with Gasteiger partial charge in [-0.2, -0.15) is 5.10 Å². The first kappa shape index (κ1) is 13.8. The fourth-order valence-corrected chi connectivity index (χ4v) is 2.97. The number of nitrogens with zero attached hydrogens (tertiary/aromatic N) is 2. The van der Waals surface area contributed by atoms with E-state index in [1.807, 2.05) is 0 Å². The summed E-state index contributed by atoms with van der Waals surface area (Å²) in [5.41, 5.74) is -0.0680. The van der Waals surface area contributed by atoms with Crippen LogP contribution in [0.2, 0.25) is 5.02 Å². The maximum atomic E-state index is 10.8. The average Bonchev–Trinajstić information content (AvgIpc) is 2.73. The van der Waals surface area contributed by atoms with Gasteiger partial charge in [-0.15, -0.1) is 0 Å². The second-order valence-corrected chi connectivity index (χ2v) is 5.68. The molecule has 0 aliphatic heterocycles. The zero-order chi connectivity index (χ0) is 13.2. The van der Waals surface area contributed by atoms with E-state index in [4.69, 9.17) is 16.3 Å². The van der Waals surface area contributed by atoms with Gasteiger partial charge in [0.25, 0.3) is 0 Å². The van der Waals surface area contributed by atoms with E-state index in [0.29, 0.717) is 24.1 Å². The summed E-state index contributed by atoms with van der Waals surface area (Å²) < 4.78 is 6.84. The van der Waals surface area contributed by atoms with Gasteiger partial charge in [0.15, 0.2) is 0 Å². The lowest BCUT2D eigenvalue weighted by atomic mass is 9.78. The Morgan fingerprint density at radius 2 is 2.22 bits per heavy atom. The van der Waals surface area contributed by atoms with E-state index in [1.165, 1.54) is 0 Å². The monoisotopic (exact) mass is 272 g/mol. The van der Waals surface area contributed by atoms with E-state index < -0.39 is 5.60 Å². The van der Waals surface area contributed by atoms with Gasteiger partial charge >= 0.3 is 0 Å². The Bertz CT molecular complexity index is 398. The third-order valence-corrected chi connectivity index (χ3v) is 4.12. The Labute approximate surface area is 113 Å². The highest BCUT2D eigenvalue weighted by molar-refractivity contribution is 6.31. The summed E-state index contributed by atoms with van der Waals surface area (Å²) in [6.07, 6.45) is 5.19. The first-order chi connectivity index (χ1) is 8.57. The molecule has 4 nitrogen and oxygen atoms in total. The number of halogens is 1. The summed E-state index contributed by atoms with van der Waals surface area (Å²) in [5, 5.41) is 15.6. The predicted octanol–water partition coefficient (Wildman–Crippen LogP) is 2.58. The Kier molecular flexibility index (Phi) is 4.30. The number of rotatable bonds is 4. The molecule has 2 rings (SSSR count). The van der Waals surface area contributed by atoms with Crippen molar-refractivity contribution in [3.63, 3.8) is 0 Å². The van der Waals surface area contributed by atoms with E-state index in [1.54, 1.807) is 18.0 Å². The van der Waals surface area contributed by atoms with Crippen LogP contribution in [0.5, 0.6) is 0 Å². The lowest BCUT2D eigenvalue weighted by molar-refractivity contribution is -0.0203. The van der Waals surface area contributed by atoms with Gasteiger partial charge in [-0.05, 0) is 31.6 Å². The molecular formula is C13H21ClN2O2. The van der Waals surface area contributed by atoms with E-state index in [0.717, 1.165) is 31.4 Å². The fourth-order valence-electron chi connectivity index (χ4n) is 2.65. The van der Waals surface area contributed by atoms with Crippen LogP contribution in [-0.4, -0.2) is 28.6 Å². The van der Waals surface area contributed by atoms with E-state index in [-0.39, 0.29) is 0 Å². The molecular weight excluding hydrogens is 252 g/mol. The molecule has 0 radical (unpaired) electrons. The molecule has 0 unspecified atom stereocenters. The Morgan fingerprint density at radius 1 is 1.56 bits per heavy atom. The minimum atomic E-state index is -0.826. The zero-order valence-corrected chi connectivity index (χ0v) is 11.8. The van der Waals surface area contributed by atoms with Crippen LogP contribution in [-0.2, 0) is 16.9 Å². The highest BCUT2D eigenvalue weighted by atomic mass is 35.5. The molecule has 0 bridgehead atoms. The molecule has 0 spiro atoms. The summed E-state index contributed by atoms with van der Waals surface area (Å²) >= 11 is 6.20. The number of hydrogen-bond donors (Lipinski definition) is 1. The molecule has 18 heavy (non-hydrogen) atoms. The maximum Gasteiger partial charge on any atom is 0.108 e. The molecule has 1 saturated carbocycles. The van der Waals surface area contributed by atoms with Crippen molar-refractivity contribution in [2.24, 2.45) is 5.92 Å². The first-order valence-electron chi connectivity index (χ1n) is 6.50. The van der Waals surface area contributed by atoms with Crippen LogP contribution >= 0.6 is 11.6 Å². The summed E-state index contributed by atoms with van der Waals surface area (Å²) in [5.74, 6) is 0.680. The quantitative estimate of drug-likeness (QED) is 0.916. The molecule has 1 fully saturated rings. The SMILES string of the molecule is COCCn1ncc(Cl)c1C1(O)CCC(C)CC1. The molecule has 0 saturated heterocycles. The Hall–Kier alpha value is -0.580. The molecule has 1 aliphatic carbocycles. The lowest BCUT2D eigenvalue weighted by Gasteiger charge is -2.35. The highest BCUT2D eigenvalue weighted by Gasteiger charge is 2.38. The highest BCUT2D eigenvalue weighted by Crippen LogP contribution is 2.41.